The van der Waals surface area contributed by atoms with Gasteiger partial charge in [-0.15, -0.1) is 0 Å². The van der Waals surface area contributed by atoms with Crippen molar-refractivity contribution in [2.45, 2.75) is 25.8 Å². The van der Waals surface area contributed by atoms with Gasteiger partial charge in [-0.2, -0.15) is 0 Å². The molecule has 0 aliphatic rings. The molecule has 0 amide bonds. The zero-order valence-electron chi connectivity index (χ0n) is 11.0. The van der Waals surface area contributed by atoms with E-state index < -0.39 is 0 Å². The Balaban J connectivity index is 2.88. The molecule has 0 bridgehead atoms. The van der Waals surface area contributed by atoms with Crippen LogP contribution in [0.3, 0.4) is 0 Å². The summed E-state index contributed by atoms with van der Waals surface area (Å²) in [5.74, 6) is 5.63. The van der Waals surface area contributed by atoms with Gasteiger partial charge in [0.25, 0.3) is 0 Å². The van der Waals surface area contributed by atoms with E-state index in [1.165, 1.54) is 16.8 Å². The van der Waals surface area contributed by atoms with E-state index in [9.17, 15) is 0 Å². The molecule has 17 heavy (non-hydrogen) atoms. The first-order valence-corrected chi connectivity index (χ1v) is 5.98. The van der Waals surface area contributed by atoms with E-state index in [4.69, 9.17) is 5.84 Å². The summed E-state index contributed by atoms with van der Waals surface area (Å²) < 4.78 is 0. The van der Waals surface area contributed by atoms with Gasteiger partial charge in [-0.05, 0) is 30.5 Å². The van der Waals surface area contributed by atoms with Gasteiger partial charge in [0, 0.05) is 25.8 Å². The molecule has 0 radical (unpaired) electrons. The van der Waals surface area contributed by atoms with E-state index in [0.717, 1.165) is 12.8 Å². The van der Waals surface area contributed by atoms with Crippen molar-refractivity contribution in [2.75, 3.05) is 19.0 Å². The van der Waals surface area contributed by atoms with Gasteiger partial charge in [-0.25, -0.2) is 0 Å². The smallest absolute Gasteiger partial charge is 0.0497 e. The molecule has 0 saturated carbocycles. The normalized spacial score (nSPS) is 12.2. The number of hydrogen-bond acceptors (Lipinski definition) is 3. The summed E-state index contributed by atoms with van der Waals surface area (Å²) >= 11 is 0. The molecule has 0 aromatic heterocycles. The Bertz CT molecular complexity index is 371. The van der Waals surface area contributed by atoms with Gasteiger partial charge in [0.05, 0.1) is 0 Å². The minimum atomic E-state index is 0.141. The van der Waals surface area contributed by atoms with Crippen LogP contribution in [0, 0.1) is 0 Å². The summed E-state index contributed by atoms with van der Waals surface area (Å²) in [7, 11) is 4.07. The van der Waals surface area contributed by atoms with E-state index in [0.29, 0.717) is 0 Å². The maximum Gasteiger partial charge on any atom is 0.0497 e. The fourth-order valence-electron chi connectivity index (χ4n) is 1.73. The summed E-state index contributed by atoms with van der Waals surface area (Å²) in [5, 5.41) is 0. The third-order valence-corrected chi connectivity index (χ3v) is 2.98. The highest BCUT2D eigenvalue weighted by atomic mass is 15.2. The van der Waals surface area contributed by atoms with Crippen LogP contribution in [-0.2, 0) is 0 Å². The fraction of sp³-hybridized carbons (Fsp3) is 0.429. The lowest BCUT2D eigenvalue weighted by Crippen LogP contribution is -2.28. The van der Waals surface area contributed by atoms with Gasteiger partial charge in [-0.1, -0.05) is 31.2 Å². The van der Waals surface area contributed by atoms with E-state index >= 15 is 0 Å². The van der Waals surface area contributed by atoms with Crippen LogP contribution in [0.2, 0.25) is 0 Å². The number of nitrogens with two attached hydrogens (primary N) is 1. The number of nitrogens with one attached hydrogen (secondary N) is 1. The molecule has 1 rings (SSSR count). The van der Waals surface area contributed by atoms with Crippen LogP contribution in [-0.4, -0.2) is 14.1 Å². The first-order chi connectivity index (χ1) is 8.08. The van der Waals surface area contributed by atoms with E-state index in [-0.39, 0.29) is 6.04 Å². The van der Waals surface area contributed by atoms with E-state index in [1.807, 2.05) is 14.1 Å². The van der Waals surface area contributed by atoms with Crippen molar-refractivity contribution in [3.05, 3.63) is 42.0 Å². The molecule has 1 unspecified atom stereocenters. The molecule has 3 heteroatoms. The van der Waals surface area contributed by atoms with Crippen molar-refractivity contribution in [1.82, 2.24) is 5.43 Å². The highest BCUT2D eigenvalue weighted by molar-refractivity contribution is 5.48. The lowest BCUT2D eigenvalue weighted by molar-refractivity contribution is 0.545. The molecular weight excluding hydrogens is 210 g/mol. The lowest BCUT2D eigenvalue weighted by atomic mass is 9.98. The van der Waals surface area contributed by atoms with Crippen molar-refractivity contribution in [3.8, 4) is 0 Å². The standard InChI is InChI=1S/C14H23N3/c1-5-11(2)9-14(16-15)12-7-6-8-13(10-12)17(3)4/h6-8,10,14,16H,2,5,9,15H2,1,3-4H3. The van der Waals surface area contributed by atoms with Crippen molar-refractivity contribution < 1.29 is 0 Å². The Morgan fingerprint density at radius 3 is 2.71 bits per heavy atom. The predicted octanol–water partition coefficient (Wildman–Crippen LogP) is 2.61. The Morgan fingerprint density at radius 1 is 1.47 bits per heavy atom. The van der Waals surface area contributed by atoms with Gasteiger partial charge in [0.2, 0.25) is 0 Å². The van der Waals surface area contributed by atoms with Crippen LogP contribution >= 0.6 is 0 Å². The van der Waals surface area contributed by atoms with E-state index in [2.05, 4.69) is 48.1 Å². The number of benzene rings is 1. The second kappa shape index (κ2) is 6.42. The molecule has 1 aromatic carbocycles. The van der Waals surface area contributed by atoms with Crippen LogP contribution in [0.15, 0.2) is 36.4 Å². The van der Waals surface area contributed by atoms with Crippen molar-refractivity contribution in [3.63, 3.8) is 0 Å². The number of hydrazine groups is 1. The monoisotopic (exact) mass is 233 g/mol. The molecule has 0 heterocycles. The van der Waals surface area contributed by atoms with Crippen LogP contribution in [0.1, 0.15) is 31.4 Å². The maximum atomic E-state index is 5.63. The molecule has 3 nitrogen and oxygen atoms in total. The number of rotatable bonds is 6. The zero-order valence-corrected chi connectivity index (χ0v) is 11.0. The van der Waals surface area contributed by atoms with Gasteiger partial charge in [-0.3, -0.25) is 11.3 Å². The Hall–Kier alpha value is -1.32. The average Bonchev–Trinajstić information content (AvgIpc) is 2.35. The number of hydrogen-bond donors (Lipinski definition) is 2. The van der Waals surface area contributed by atoms with Crippen LogP contribution in [0.4, 0.5) is 5.69 Å². The topological polar surface area (TPSA) is 41.3 Å². The first-order valence-electron chi connectivity index (χ1n) is 5.98. The SMILES string of the molecule is C=C(CC)CC(NN)c1cccc(N(C)C)c1. The Morgan fingerprint density at radius 2 is 2.18 bits per heavy atom. The molecule has 1 aromatic rings. The molecule has 0 aliphatic carbocycles. The summed E-state index contributed by atoms with van der Waals surface area (Å²) in [6.07, 6.45) is 1.87. The summed E-state index contributed by atoms with van der Waals surface area (Å²) in [6, 6.07) is 8.55. The molecule has 0 fully saturated rings. The first kappa shape index (κ1) is 13.7. The molecule has 3 N–H and O–H groups in total. The fourth-order valence-corrected chi connectivity index (χ4v) is 1.73. The minimum Gasteiger partial charge on any atom is -0.378 e. The van der Waals surface area contributed by atoms with Crippen molar-refractivity contribution in [2.24, 2.45) is 5.84 Å². The number of anilines is 1. The van der Waals surface area contributed by atoms with Gasteiger partial charge >= 0.3 is 0 Å². The Labute approximate surface area is 104 Å². The second-order valence-electron chi connectivity index (χ2n) is 4.52. The van der Waals surface area contributed by atoms with Crippen LogP contribution in [0.25, 0.3) is 0 Å². The summed E-state index contributed by atoms with van der Waals surface area (Å²) in [6.45, 7) is 6.16. The van der Waals surface area contributed by atoms with Gasteiger partial charge in [0.1, 0.15) is 0 Å². The quantitative estimate of drug-likeness (QED) is 0.451. The molecular formula is C14H23N3. The maximum absolute atomic E-state index is 5.63. The van der Waals surface area contributed by atoms with Crippen LogP contribution < -0.4 is 16.2 Å². The second-order valence-corrected chi connectivity index (χ2v) is 4.52. The molecule has 0 spiro atoms. The van der Waals surface area contributed by atoms with Crippen LogP contribution in [0.5, 0.6) is 0 Å². The Kier molecular flexibility index (Phi) is 5.19. The number of nitrogens with zero attached hydrogens (tertiary/aromatic N) is 1. The summed E-state index contributed by atoms with van der Waals surface area (Å²) in [5.41, 5.74) is 6.47. The van der Waals surface area contributed by atoms with E-state index in [1.54, 1.807) is 0 Å². The minimum absolute atomic E-state index is 0.141. The summed E-state index contributed by atoms with van der Waals surface area (Å²) in [4.78, 5) is 2.09. The predicted molar refractivity (Wildman–Crippen MR) is 74.9 cm³/mol. The lowest BCUT2D eigenvalue weighted by Gasteiger charge is -2.20. The molecule has 0 aliphatic heterocycles. The largest absolute Gasteiger partial charge is 0.378 e. The molecule has 94 valence electrons. The highest BCUT2D eigenvalue weighted by Crippen LogP contribution is 2.24. The van der Waals surface area contributed by atoms with Crippen molar-refractivity contribution in [1.29, 1.82) is 0 Å². The van der Waals surface area contributed by atoms with Gasteiger partial charge < -0.3 is 4.90 Å². The third kappa shape index (κ3) is 3.88. The zero-order chi connectivity index (χ0) is 12.8. The highest BCUT2D eigenvalue weighted by Gasteiger charge is 2.11. The van der Waals surface area contributed by atoms with Crippen molar-refractivity contribution >= 4 is 5.69 Å². The third-order valence-electron chi connectivity index (χ3n) is 2.98. The molecule has 1 atom stereocenters. The average molecular weight is 233 g/mol. The van der Waals surface area contributed by atoms with Gasteiger partial charge in [0.15, 0.2) is 0 Å². The molecule has 0 saturated heterocycles.